The number of carboxylic acids is 1. The van der Waals surface area contributed by atoms with Crippen molar-refractivity contribution in [3.8, 4) is 5.75 Å². The maximum atomic E-state index is 11.1. The lowest BCUT2D eigenvalue weighted by atomic mass is 9.98. The number of aryl methyl sites for hydroxylation is 1. The van der Waals surface area contributed by atoms with Crippen molar-refractivity contribution in [1.29, 1.82) is 0 Å². The minimum absolute atomic E-state index is 0.0269. The molecule has 0 aliphatic carbocycles. The molecule has 0 saturated carbocycles. The molecule has 2 heterocycles. The lowest BCUT2D eigenvalue weighted by Gasteiger charge is -2.15. The first-order valence-electron chi connectivity index (χ1n) is 6.72. The van der Waals surface area contributed by atoms with Gasteiger partial charge >= 0.3 is 5.97 Å². The van der Waals surface area contributed by atoms with Crippen molar-refractivity contribution < 1.29 is 14.6 Å². The number of methoxy groups -OCH3 is 1. The van der Waals surface area contributed by atoms with Gasteiger partial charge in [0.1, 0.15) is 5.75 Å². The average molecular weight is 274 g/mol. The van der Waals surface area contributed by atoms with Gasteiger partial charge < -0.3 is 20.1 Å². The average Bonchev–Trinajstić information content (AvgIpc) is 3.01. The summed E-state index contributed by atoms with van der Waals surface area (Å²) < 4.78 is 5.47. The summed E-state index contributed by atoms with van der Waals surface area (Å²) in [6.45, 7) is 2.52. The Hall–Kier alpha value is -2.01. The Bertz CT molecular complexity index is 662. The highest BCUT2D eigenvalue weighted by Gasteiger charge is 2.31. The predicted octanol–water partition coefficient (Wildman–Crippen LogP) is 2.22. The summed E-state index contributed by atoms with van der Waals surface area (Å²) in [7, 11) is 1.65. The van der Waals surface area contributed by atoms with E-state index in [-0.39, 0.29) is 12.0 Å². The van der Waals surface area contributed by atoms with Crippen LogP contribution in [0.2, 0.25) is 0 Å². The Kier molecular flexibility index (Phi) is 3.14. The fraction of sp³-hybridized carbons (Fsp3) is 0.400. The molecule has 20 heavy (non-hydrogen) atoms. The van der Waals surface area contributed by atoms with Gasteiger partial charge in [-0.05, 0) is 31.5 Å². The number of hydrogen-bond donors (Lipinski definition) is 3. The lowest BCUT2D eigenvalue weighted by molar-refractivity contribution is -0.141. The van der Waals surface area contributed by atoms with Gasteiger partial charge in [-0.15, -0.1) is 0 Å². The minimum Gasteiger partial charge on any atom is -0.496 e. The molecule has 1 fully saturated rings. The minimum atomic E-state index is -0.740. The van der Waals surface area contributed by atoms with Crippen LogP contribution in [-0.2, 0) is 4.79 Å². The van der Waals surface area contributed by atoms with E-state index in [0.717, 1.165) is 27.9 Å². The van der Waals surface area contributed by atoms with Crippen molar-refractivity contribution in [2.24, 2.45) is 5.92 Å². The third kappa shape index (κ3) is 2.14. The number of aromatic nitrogens is 1. The molecule has 0 spiro atoms. The predicted molar refractivity (Wildman–Crippen MR) is 76.1 cm³/mol. The number of rotatable bonds is 3. The molecule has 0 amide bonds. The zero-order valence-corrected chi connectivity index (χ0v) is 11.6. The van der Waals surface area contributed by atoms with Crippen molar-refractivity contribution in [2.45, 2.75) is 19.4 Å². The normalized spacial score (nSPS) is 22.3. The molecule has 2 atom stereocenters. The second-order valence-electron chi connectivity index (χ2n) is 5.37. The fourth-order valence-corrected chi connectivity index (χ4v) is 2.93. The number of hydrogen-bond acceptors (Lipinski definition) is 3. The molecule has 2 aromatic rings. The van der Waals surface area contributed by atoms with Gasteiger partial charge in [-0.25, -0.2) is 0 Å². The Morgan fingerprint density at radius 1 is 1.40 bits per heavy atom. The van der Waals surface area contributed by atoms with Crippen LogP contribution >= 0.6 is 0 Å². The van der Waals surface area contributed by atoms with E-state index in [1.807, 2.05) is 13.0 Å². The van der Waals surface area contributed by atoms with Crippen LogP contribution in [-0.4, -0.2) is 29.7 Å². The van der Waals surface area contributed by atoms with E-state index in [2.05, 4.69) is 22.4 Å². The first kappa shape index (κ1) is 13.0. The van der Waals surface area contributed by atoms with Crippen molar-refractivity contribution >= 4 is 16.9 Å². The molecular weight excluding hydrogens is 256 g/mol. The second kappa shape index (κ2) is 4.83. The molecule has 106 valence electrons. The molecule has 1 aliphatic heterocycles. The third-order valence-corrected chi connectivity index (χ3v) is 3.96. The molecule has 3 rings (SSSR count). The zero-order valence-electron chi connectivity index (χ0n) is 11.6. The zero-order chi connectivity index (χ0) is 14.3. The van der Waals surface area contributed by atoms with Crippen LogP contribution in [0.3, 0.4) is 0 Å². The van der Waals surface area contributed by atoms with Crippen LogP contribution in [0, 0.1) is 12.8 Å². The number of benzene rings is 1. The maximum Gasteiger partial charge on any atom is 0.307 e. The Labute approximate surface area is 116 Å². The number of carbonyl (C=O) groups is 1. The number of fused-ring (bicyclic) bond motifs is 1. The van der Waals surface area contributed by atoms with Gasteiger partial charge in [-0.3, -0.25) is 4.79 Å². The Morgan fingerprint density at radius 2 is 2.20 bits per heavy atom. The van der Waals surface area contributed by atoms with E-state index < -0.39 is 5.97 Å². The summed E-state index contributed by atoms with van der Waals surface area (Å²) in [6.07, 6.45) is 0.594. The van der Waals surface area contributed by atoms with Gasteiger partial charge in [0.15, 0.2) is 0 Å². The van der Waals surface area contributed by atoms with E-state index in [1.165, 1.54) is 0 Å². The highest BCUT2D eigenvalue weighted by atomic mass is 16.5. The van der Waals surface area contributed by atoms with E-state index in [0.29, 0.717) is 13.0 Å². The number of aromatic amines is 1. The largest absolute Gasteiger partial charge is 0.496 e. The molecule has 1 aromatic heterocycles. The third-order valence-electron chi connectivity index (χ3n) is 3.96. The van der Waals surface area contributed by atoms with Gasteiger partial charge in [-0.1, -0.05) is 0 Å². The molecule has 5 heteroatoms. The summed E-state index contributed by atoms with van der Waals surface area (Å²) in [5.74, 6) is -0.262. The Balaban J connectivity index is 1.99. The molecule has 1 saturated heterocycles. The topological polar surface area (TPSA) is 74.4 Å². The molecule has 1 aliphatic rings. The first-order chi connectivity index (χ1) is 9.58. The molecule has 3 N–H and O–H groups in total. The molecular formula is C15H18N2O3. The van der Waals surface area contributed by atoms with Gasteiger partial charge in [0, 0.05) is 34.7 Å². The van der Waals surface area contributed by atoms with E-state index in [1.54, 1.807) is 7.11 Å². The van der Waals surface area contributed by atoms with Crippen molar-refractivity contribution in [3.05, 3.63) is 29.5 Å². The maximum absolute atomic E-state index is 11.1. The van der Waals surface area contributed by atoms with E-state index >= 15 is 0 Å². The number of carboxylic acid groups (broad SMARTS) is 1. The molecule has 2 unspecified atom stereocenters. The van der Waals surface area contributed by atoms with Crippen molar-refractivity contribution in [3.63, 3.8) is 0 Å². The summed E-state index contributed by atoms with van der Waals surface area (Å²) in [6, 6.07) is 6.16. The monoisotopic (exact) mass is 274 g/mol. The van der Waals surface area contributed by atoms with Gasteiger partial charge in [0.05, 0.1) is 13.0 Å². The van der Waals surface area contributed by atoms with Crippen LogP contribution in [0.25, 0.3) is 10.9 Å². The van der Waals surface area contributed by atoms with Crippen molar-refractivity contribution in [2.75, 3.05) is 13.7 Å². The van der Waals surface area contributed by atoms with Gasteiger partial charge in [0.2, 0.25) is 0 Å². The van der Waals surface area contributed by atoms with E-state index in [9.17, 15) is 4.79 Å². The highest BCUT2D eigenvalue weighted by molar-refractivity contribution is 5.83. The molecule has 1 aromatic carbocycles. The van der Waals surface area contributed by atoms with Crippen LogP contribution in [0.15, 0.2) is 18.2 Å². The molecule has 0 radical (unpaired) electrons. The quantitative estimate of drug-likeness (QED) is 0.802. The number of nitrogens with one attached hydrogen (secondary N) is 2. The van der Waals surface area contributed by atoms with Gasteiger partial charge in [0.25, 0.3) is 0 Å². The van der Waals surface area contributed by atoms with Gasteiger partial charge in [-0.2, -0.15) is 0 Å². The second-order valence-corrected chi connectivity index (χ2v) is 5.37. The van der Waals surface area contributed by atoms with Crippen molar-refractivity contribution in [1.82, 2.24) is 10.3 Å². The molecule has 0 bridgehead atoms. The van der Waals surface area contributed by atoms with Crippen LogP contribution in [0.1, 0.15) is 23.7 Å². The fourth-order valence-electron chi connectivity index (χ4n) is 2.93. The summed E-state index contributed by atoms with van der Waals surface area (Å²) in [5.41, 5.74) is 3.17. The molecule has 5 nitrogen and oxygen atoms in total. The van der Waals surface area contributed by atoms with E-state index in [4.69, 9.17) is 9.84 Å². The summed E-state index contributed by atoms with van der Waals surface area (Å²) in [4.78, 5) is 14.4. The standard InChI is InChI=1S/C15H18N2O3/c1-8-3-9-5-14(20-2)11(6-12(9)17-8)13-4-10(7-16-13)15(18)19/h3,5-6,10,13,16-17H,4,7H2,1-2H3,(H,18,19). The Morgan fingerprint density at radius 3 is 2.85 bits per heavy atom. The van der Waals surface area contributed by atoms with Crippen LogP contribution < -0.4 is 10.1 Å². The SMILES string of the molecule is COc1cc2cc(C)[nH]c2cc1C1CC(C(=O)O)CN1. The first-order valence-corrected chi connectivity index (χ1v) is 6.72. The number of ether oxygens (including phenoxy) is 1. The smallest absolute Gasteiger partial charge is 0.307 e. The number of H-pyrrole nitrogens is 1. The lowest BCUT2D eigenvalue weighted by Crippen LogP contribution is -2.17. The number of aliphatic carboxylic acids is 1. The summed E-state index contributed by atoms with van der Waals surface area (Å²) in [5, 5.41) is 13.5. The van der Waals surface area contributed by atoms with Crippen LogP contribution in [0.4, 0.5) is 0 Å². The van der Waals surface area contributed by atoms with Crippen LogP contribution in [0.5, 0.6) is 5.75 Å². The highest BCUT2D eigenvalue weighted by Crippen LogP contribution is 2.36. The summed E-state index contributed by atoms with van der Waals surface area (Å²) >= 11 is 0.